The van der Waals surface area contributed by atoms with Gasteiger partial charge in [0.25, 0.3) is 0 Å². The van der Waals surface area contributed by atoms with Crippen LogP contribution in [0.1, 0.15) is 71.1 Å². The van der Waals surface area contributed by atoms with E-state index < -0.39 is 11.9 Å². The topological polar surface area (TPSA) is 43.4 Å². The molecule has 0 aromatic carbocycles. The summed E-state index contributed by atoms with van der Waals surface area (Å²) in [5.74, 6) is -1.12. The van der Waals surface area contributed by atoms with Crippen molar-refractivity contribution in [3.05, 3.63) is 12.2 Å². The van der Waals surface area contributed by atoms with E-state index in [9.17, 15) is 9.59 Å². The summed E-state index contributed by atoms with van der Waals surface area (Å²) in [6, 6.07) is 0. The molecule has 0 bridgehead atoms. The molecule has 0 N–H and O–H groups in total. The van der Waals surface area contributed by atoms with Crippen molar-refractivity contribution >= 4 is 63.3 Å². The minimum atomic E-state index is -0.397. The van der Waals surface area contributed by atoms with Crippen molar-refractivity contribution in [1.82, 2.24) is 0 Å². The second-order valence-corrected chi connectivity index (χ2v) is 5.30. The largest absolute Gasteiger partial charge is 0.393 e. The molecule has 0 amide bonds. The molecule has 0 aromatic heterocycles. The van der Waals surface area contributed by atoms with Crippen molar-refractivity contribution in [3.8, 4) is 0 Å². The van der Waals surface area contributed by atoms with Gasteiger partial charge in [0, 0.05) is 51.4 Å². The van der Waals surface area contributed by atoms with Crippen molar-refractivity contribution in [2.75, 3.05) is 0 Å². The van der Waals surface area contributed by atoms with Gasteiger partial charge in [-0.2, -0.15) is 0 Å². The second-order valence-electron chi connectivity index (χ2n) is 5.30. The molecule has 1 heterocycles. The average Bonchev–Trinajstić information content (AvgIpc) is 2.70. The first-order valence-electron chi connectivity index (χ1n) is 7.65. The standard InChI is InChI=1S/C16H26O3.K/c1-2-3-4-5-6-7-8-9-10-11-12-14-13-15(17)19-16(14)18;/h11-12,14H,2-10,13H2,1H3;. The van der Waals surface area contributed by atoms with Gasteiger partial charge in [-0.1, -0.05) is 64.0 Å². The molecular formula is C16H26KO3. The van der Waals surface area contributed by atoms with Gasteiger partial charge in [-0.15, -0.1) is 0 Å². The molecular weight excluding hydrogens is 279 g/mol. The summed E-state index contributed by atoms with van der Waals surface area (Å²) in [7, 11) is 0. The molecule has 1 rings (SSSR count). The monoisotopic (exact) mass is 305 g/mol. The van der Waals surface area contributed by atoms with Crippen LogP contribution < -0.4 is 0 Å². The number of hydrogen-bond acceptors (Lipinski definition) is 3. The first kappa shape index (κ1) is 20.5. The Morgan fingerprint density at radius 3 is 2.20 bits per heavy atom. The van der Waals surface area contributed by atoms with Crippen LogP contribution in [-0.2, 0) is 14.3 Å². The van der Waals surface area contributed by atoms with E-state index in [4.69, 9.17) is 0 Å². The van der Waals surface area contributed by atoms with Crippen molar-refractivity contribution in [3.63, 3.8) is 0 Å². The predicted octanol–water partition coefficient (Wildman–Crippen LogP) is 3.78. The number of esters is 2. The van der Waals surface area contributed by atoms with Gasteiger partial charge in [0.1, 0.15) is 0 Å². The molecule has 0 saturated carbocycles. The van der Waals surface area contributed by atoms with Crippen LogP contribution in [0.5, 0.6) is 0 Å². The van der Waals surface area contributed by atoms with E-state index in [1.54, 1.807) is 0 Å². The number of rotatable bonds is 10. The van der Waals surface area contributed by atoms with Crippen LogP contribution in [0.15, 0.2) is 12.2 Å². The van der Waals surface area contributed by atoms with E-state index in [1.165, 1.54) is 51.4 Å². The number of ether oxygens (including phenoxy) is 1. The molecule has 20 heavy (non-hydrogen) atoms. The van der Waals surface area contributed by atoms with Crippen molar-refractivity contribution < 1.29 is 14.3 Å². The Morgan fingerprint density at radius 1 is 1.05 bits per heavy atom. The summed E-state index contributed by atoms with van der Waals surface area (Å²) in [4.78, 5) is 22.1. The average molecular weight is 305 g/mol. The minimum absolute atomic E-state index is 0. The molecule has 4 heteroatoms. The van der Waals surface area contributed by atoms with Gasteiger partial charge in [-0.3, -0.25) is 9.59 Å². The predicted molar refractivity (Wildman–Crippen MR) is 81.3 cm³/mol. The van der Waals surface area contributed by atoms with E-state index in [0.717, 1.165) is 6.42 Å². The summed E-state index contributed by atoms with van der Waals surface area (Å²) < 4.78 is 4.49. The second kappa shape index (κ2) is 13.2. The molecule has 0 aromatic rings. The van der Waals surface area contributed by atoms with E-state index in [1.807, 2.05) is 12.2 Å². The van der Waals surface area contributed by atoms with Gasteiger partial charge in [0.05, 0.1) is 12.3 Å². The quantitative estimate of drug-likeness (QED) is 0.203. The summed E-state index contributed by atoms with van der Waals surface area (Å²) >= 11 is 0. The molecule has 3 nitrogen and oxygen atoms in total. The van der Waals surface area contributed by atoms with Crippen LogP contribution in [0, 0.1) is 5.92 Å². The van der Waals surface area contributed by atoms with Gasteiger partial charge >= 0.3 is 11.9 Å². The molecule has 1 radical (unpaired) electrons. The Kier molecular flexibility index (Phi) is 13.5. The summed E-state index contributed by atoms with van der Waals surface area (Å²) in [5.41, 5.74) is 0. The fraction of sp³-hybridized carbons (Fsp3) is 0.750. The first-order chi connectivity index (χ1) is 9.24. The molecule has 1 unspecified atom stereocenters. The third-order valence-corrected chi connectivity index (χ3v) is 3.50. The zero-order valence-corrected chi connectivity index (χ0v) is 16.2. The fourth-order valence-corrected chi connectivity index (χ4v) is 2.30. The van der Waals surface area contributed by atoms with Gasteiger partial charge < -0.3 is 4.74 Å². The molecule has 1 saturated heterocycles. The van der Waals surface area contributed by atoms with E-state index in [2.05, 4.69) is 11.7 Å². The Bertz CT molecular complexity index is 313. The zero-order valence-electron chi connectivity index (χ0n) is 13.0. The molecule has 1 aliphatic heterocycles. The maximum Gasteiger partial charge on any atom is 0.321 e. The van der Waals surface area contributed by atoms with Crippen LogP contribution in [0.4, 0.5) is 0 Å². The molecule has 1 aliphatic rings. The van der Waals surface area contributed by atoms with Gasteiger partial charge in [-0.25, -0.2) is 0 Å². The van der Waals surface area contributed by atoms with E-state index >= 15 is 0 Å². The smallest absolute Gasteiger partial charge is 0.321 e. The molecule has 1 atom stereocenters. The third-order valence-electron chi connectivity index (χ3n) is 3.50. The van der Waals surface area contributed by atoms with E-state index in [0.29, 0.717) is 0 Å². The fourth-order valence-electron chi connectivity index (χ4n) is 2.30. The molecule has 109 valence electrons. The van der Waals surface area contributed by atoms with Crippen LogP contribution >= 0.6 is 0 Å². The number of hydrogen-bond donors (Lipinski definition) is 0. The van der Waals surface area contributed by atoms with Crippen LogP contribution in [0.2, 0.25) is 0 Å². The minimum Gasteiger partial charge on any atom is -0.393 e. The first-order valence-corrected chi connectivity index (χ1v) is 7.65. The maximum absolute atomic E-state index is 11.2. The molecule has 0 spiro atoms. The molecule has 1 fully saturated rings. The summed E-state index contributed by atoms with van der Waals surface area (Å²) in [6.45, 7) is 2.24. The van der Waals surface area contributed by atoms with Crippen molar-refractivity contribution in [2.24, 2.45) is 5.92 Å². The Labute approximate surface area is 165 Å². The number of carbonyl (C=O) groups is 2. The maximum atomic E-state index is 11.2. The Morgan fingerprint density at radius 2 is 1.65 bits per heavy atom. The SMILES string of the molecule is CCCCCCCCCCC=CC1CC(=O)OC1=O.[K]. The van der Waals surface area contributed by atoms with Gasteiger partial charge in [0.2, 0.25) is 0 Å². The number of cyclic esters (lactones) is 2. The number of allylic oxidation sites excluding steroid dienone is 1. The summed E-state index contributed by atoms with van der Waals surface area (Å²) in [5, 5.41) is 0. The Balaban J connectivity index is 0.00000361. The van der Waals surface area contributed by atoms with Crippen molar-refractivity contribution in [2.45, 2.75) is 71.1 Å². The molecule has 0 aliphatic carbocycles. The van der Waals surface area contributed by atoms with Crippen molar-refractivity contribution in [1.29, 1.82) is 0 Å². The number of carbonyl (C=O) groups excluding carboxylic acids is 2. The van der Waals surface area contributed by atoms with Gasteiger partial charge in [0.15, 0.2) is 0 Å². The third kappa shape index (κ3) is 9.45. The van der Waals surface area contributed by atoms with Gasteiger partial charge in [-0.05, 0) is 12.8 Å². The normalized spacial score (nSPS) is 18.4. The summed E-state index contributed by atoms with van der Waals surface area (Å²) in [6.07, 6.45) is 15.5. The van der Waals surface area contributed by atoms with E-state index in [-0.39, 0.29) is 63.7 Å². The zero-order chi connectivity index (χ0) is 13.9. The number of unbranched alkanes of at least 4 members (excludes halogenated alkanes) is 8. The van der Waals surface area contributed by atoms with Crippen LogP contribution in [0.25, 0.3) is 0 Å². The van der Waals surface area contributed by atoms with Crippen LogP contribution in [0.3, 0.4) is 0 Å². The van der Waals surface area contributed by atoms with Crippen LogP contribution in [-0.4, -0.2) is 63.3 Å². The Hall–Kier alpha value is 0.516.